The van der Waals surface area contributed by atoms with Crippen LogP contribution in [0.25, 0.3) is 0 Å². The summed E-state index contributed by atoms with van der Waals surface area (Å²) in [6.07, 6.45) is 2.38. The van der Waals surface area contributed by atoms with Crippen molar-refractivity contribution in [2.45, 2.75) is 45.7 Å². The van der Waals surface area contributed by atoms with Crippen molar-refractivity contribution in [2.75, 3.05) is 11.9 Å². The number of nitrogens with two attached hydrogens (primary N) is 1. The van der Waals surface area contributed by atoms with Crippen LogP contribution in [-0.2, 0) is 0 Å². The van der Waals surface area contributed by atoms with Crippen molar-refractivity contribution in [1.82, 2.24) is 0 Å². The summed E-state index contributed by atoms with van der Waals surface area (Å²) in [6.45, 7) is 6.39. The van der Waals surface area contributed by atoms with Crippen LogP contribution in [0.5, 0.6) is 0 Å². The maximum atomic E-state index is 6.24. The van der Waals surface area contributed by atoms with E-state index in [4.69, 9.17) is 17.3 Å². The van der Waals surface area contributed by atoms with Gasteiger partial charge in [-0.1, -0.05) is 31.0 Å². The zero-order valence-electron chi connectivity index (χ0n) is 11.2. The summed E-state index contributed by atoms with van der Waals surface area (Å²) in [6, 6.07) is 6.63. The lowest BCUT2D eigenvalue weighted by Crippen LogP contribution is -2.28. The Balaban J connectivity index is 2.89. The molecule has 1 aromatic carbocycles. The van der Waals surface area contributed by atoms with E-state index in [0.29, 0.717) is 6.04 Å². The minimum absolute atomic E-state index is 0.0186. The highest BCUT2D eigenvalue weighted by molar-refractivity contribution is 6.31. The molecular weight excluding hydrogens is 232 g/mol. The van der Waals surface area contributed by atoms with Gasteiger partial charge in [-0.2, -0.15) is 0 Å². The summed E-state index contributed by atoms with van der Waals surface area (Å²) in [5.74, 6) is 0. The summed E-state index contributed by atoms with van der Waals surface area (Å²) in [7, 11) is 2.11. The van der Waals surface area contributed by atoms with Crippen LogP contribution in [0, 0.1) is 0 Å². The van der Waals surface area contributed by atoms with E-state index < -0.39 is 0 Å². The normalized spacial score (nSPS) is 14.5. The van der Waals surface area contributed by atoms with Crippen LogP contribution in [0.3, 0.4) is 0 Å². The second kappa shape index (κ2) is 6.27. The second-order valence-corrected chi connectivity index (χ2v) is 5.15. The fourth-order valence-corrected chi connectivity index (χ4v) is 2.32. The van der Waals surface area contributed by atoms with E-state index in [1.807, 2.05) is 19.1 Å². The molecule has 0 aliphatic rings. The Morgan fingerprint density at radius 1 is 1.35 bits per heavy atom. The minimum Gasteiger partial charge on any atom is -0.372 e. The predicted molar refractivity (Wildman–Crippen MR) is 76.8 cm³/mol. The molecule has 0 heterocycles. The Morgan fingerprint density at radius 2 is 2.00 bits per heavy atom. The lowest BCUT2D eigenvalue weighted by Gasteiger charge is -2.27. The van der Waals surface area contributed by atoms with Gasteiger partial charge >= 0.3 is 0 Å². The molecule has 1 aromatic rings. The molecule has 96 valence electrons. The van der Waals surface area contributed by atoms with Crippen LogP contribution in [0.15, 0.2) is 18.2 Å². The first-order valence-corrected chi connectivity index (χ1v) is 6.63. The Hall–Kier alpha value is -0.730. The second-order valence-electron chi connectivity index (χ2n) is 4.74. The molecule has 0 saturated carbocycles. The number of nitrogens with zero attached hydrogens (tertiary/aromatic N) is 1. The Labute approximate surface area is 110 Å². The molecule has 0 fully saturated rings. The van der Waals surface area contributed by atoms with Crippen LogP contribution in [-0.4, -0.2) is 13.1 Å². The Kier molecular flexibility index (Phi) is 5.29. The van der Waals surface area contributed by atoms with Gasteiger partial charge in [-0.15, -0.1) is 0 Å². The highest BCUT2D eigenvalue weighted by Crippen LogP contribution is 2.27. The van der Waals surface area contributed by atoms with E-state index in [9.17, 15) is 0 Å². The topological polar surface area (TPSA) is 29.3 Å². The maximum absolute atomic E-state index is 6.24. The van der Waals surface area contributed by atoms with E-state index in [1.54, 1.807) is 0 Å². The first-order chi connectivity index (χ1) is 7.97. The predicted octanol–water partition coefficient (Wildman–Crippen LogP) is 3.98. The first kappa shape index (κ1) is 14.3. The van der Waals surface area contributed by atoms with Crippen LogP contribution in [0.1, 0.15) is 45.2 Å². The molecule has 0 spiro atoms. The fraction of sp³-hybridized carbons (Fsp3) is 0.571. The Morgan fingerprint density at radius 3 is 2.47 bits per heavy atom. The van der Waals surface area contributed by atoms with Crippen molar-refractivity contribution in [3.8, 4) is 0 Å². The summed E-state index contributed by atoms with van der Waals surface area (Å²) < 4.78 is 0. The molecule has 2 atom stereocenters. The summed E-state index contributed by atoms with van der Waals surface area (Å²) in [5, 5.41) is 0.757. The van der Waals surface area contributed by atoms with Gasteiger partial charge in [-0.25, -0.2) is 0 Å². The lowest BCUT2D eigenvalue weighted by molar-refractivity contribution is 0.616. The highest BCUT2D eigenvalue weighted by atomic mass is 35.5. The average molecular weight is 255 g/mol. The van der Waals surface area contributed by atoms with Gasteiger partial charge in [0.2, 0.25) is 0 Å². The van der Waals surface area contributed by atoms with Gasteiger partial charge in [-0.3, -0.25) is 0 Å². The molecule has 2 nitrogen and oxygen atoms in total. The van der Waals surface area contributed by atoms with Crippen LogP contribution < -0.4 is 10.6 Å². The van der Waals surface area contributed by atoms with E-state index in [0.717, 1.165) is 16.3 Å². The van der Waals surface area contributed by atoms with Gasteiger partial charge in [-0.05, 0) is 38.0 Å². The van der Waals surface area contributed by atoms with E-state index in [2.05, 4.69) is 31.9 Å². The van der Waals surface area contributed by atoms with Crippen molar-refractivity contribution < 1.29 is 0 Å². The number of rotatable bonds is 5. The minimum atomic E-state index is -0.0186. The van der Waals surface area contributed by atoms with Crippen molar-refractivity contribution in [2.24, 2.45) is 5.73 Å². The van der Waals surface area contributed by atoms with Gasteiger partial charge < -0.3 is 10.6 Å². The number of hydrogen-bond acceptors (Lipinski definition) is 2. The van der Waals surface area contributed by atoms with Crippen LogP contribution in [0.4, 0.5) is 5.69 Å². The Bertz CT molecular complexity index is 363. The van der Waals surface area contributed by atoms with E-state index in [-0.39, 0.29) is 6.04 Å². The average Bonchev–Trinajstić information content (AvgIpc) is 2.27. The molecule has 0 amide bonds. The number of halogens is 1. The molecule has 17 heavy (non-hydrogen) atoms. The molecule has 0 saturated heterocycles. The van der Waals surface area contributed by atoms with E-state index in [1.165, 1.54) is 12.8 Å². The molecule has 2 N–H and O–H groups in total. The van der Waals surface area contributed by atoms with Crippen molar-refractivity contribution in [3.05, 3.63) is 28.8 Å². The molecular formula is C14H23ClN2. The van der Waals surface area contributed by atoms with Crippen LogP contribution >= 0.6 is 11.6 Å². The van der Waals surface area contributed by atoms with Gasteiger partial charge in [0.25, 0.3) is 0 Å². The van der Waals surface area contributed by atoms with Gasteiger partial charge in [0.15, 0.2) is 0 Å². The maximum Gasteiger partial charge on any atom is 0.0474 e. The van der Waals surface area contributed by atoms with Crippen LogP contribution in [0.2, 0.25) is 5.02 Å². The quantitative estimate of drug-likeness (QED) is 0.861. The summed E-state index contributed by atoms with van der Waals surface area (Å²) >= 11 is 6.24. The van der Waals surface area contributed by atoms with Gasteiger partial charge in [0, 0.05) is 29.8 Å². The molecule has 0 aliphatic carbocycles. The molecule has 0 aliphatic heterocycles. The van der Waals surface area contributed by atoms with Gasteiger partial charge in [0.1, 0.15) is 0 Å². The third-order valence-electron chi connectivity index (χ3n) is 3.25. The summed E-state index contributed by atoms with van der Waals surface area (Å²) in [4.78, 5) is 2.26. The third-order valence-corrected chi connectivity index (χ3v) is 3.58. The zero-order valence-corrected chi connectivity index (χ0v) is 12.0. The smallest absolute Gasteiger partial charge is 0.0474 e. The molecule has 2 unspecified atom stereocenters. The molecule has 3 heteroatoms. The zero-order chi connectivity index (χ0) is 13.0. The number of hydrogen-bond donors (Lipinski definition) is 1. The number of benzene rings is 1. The third kappa shape index (κ3) is 3.62. The molecule has 0 radical (unpaired) electrons. The SMILES string of the molecule is CCCC(C)N(C)c1ccc(C(C)N)c(Cl)c1. The standard InChI is InChI=1S/C14H23ClN2/c1-5-6-10(2)17(4)12-7-8-13(11(3)16)14(15)9-12/h7-11H,5-6,16H2,1-4H3. The van der Waals surface area contributed by atoms with E-state index >= 15 is 0 Å². The van der Waals surface area contributed by atoms with Crippen molar-refractivity contribution in [1.29, 1.82) is 0 Å². The largest absolute Gasteiger partial charge is 0.372 e. The molecule has 0 aromatic heterocycles. The monoisotopic (exact) mass is 254 g/mol. The van der Waals surface area contributed by atoms with Crippen molar-refractivity contribution >= 4 is 17.3 Å². The van der Waals surface area contributed by atoms with Crippen molar-refractivity contribution in [3.63, 3.8) is 0 Å². The number of anilines is 1. The molecule has 0 bridgehead atoms. The lowest BCUT2D eigenvalue weighted by atomic mass is 10.1. The fourth-order valence-electron chi connectivity index (χ4n) is 1.97. The molecule has 1 rings (SSSR count). The highest BCUT2D eigenvalue weighted by Gasteiger charge is 2.12. The summed E-state index contributed by atoms with van der Waals surface area (Å²) in [5.41, 5.74) is 8.01. The van der Waals surface area contributed by atoms with Gasteiger partial charge in [0.05, 0.1) is 0 Å². The first-order valence-electron chi connectivity index (χ1n) is 6.25.